The molecule has 19 heavy (non-hydrogen) atoms. The van der Waals surface area contributed by atoms with E-state index in [4.69, 9.17) is 10.5 Å². The minimum absolute atomic E-state index is 0.0291. The van der Waals surface area contributed by atoms with E-state index in [1.54, 1.807) is 0 Å². The molecule has 1 aromatic heterocycles. The van der Waals surface area contributed by atoms with Gasteiger partial charge in [-0.15, -0.1) is 5.10 Å². The lowest BCUT2D eigenvalue weighted by atomic mass is 9.74. The molecule has 5 heteroatoms. The zero-order chi connectivity index (χ0) is 13.7. The van der Waals surface area contributed by atoms with Crippen LogP contribution < -0.4 is 5.73 Å². The summed E-state index contributed by atoms with van der Waals surface area (Å²) in [5, 5.41) is 8.42. The van der Waals surface area contributed by atoms with Gasteiger partial charge in [-0.05, 0) is 32.1 Å². The maximum absolute atomic E-state index is 6.02. The first kappa shape index (κ1) is 12.9. The fraction of sp³-hybridized carbons (Fsp3) is 0.857. The van der Waals surface area contributed by atoms with Gasteiger partial charge in [-0.25, -0.2) is 4.68 Å². The third kappa shape index (κ3) is 2.14. The molecule has 2 heterocycles. The van der Waals surface area contributed by atoms with Crippen LogP contribution in [0.2, 0.25) is 0 Å². The molecule has 1 saturated heterocycles. The molecule has 0 aromatic carbocycles. The minimum Gasteiger partial charge on any atom is -0.381 e. The number of hydrogen-bond acceptors (Lipinski definition) is 4. The van der Waals surface area contributed by atoms with E-state index in [0.29, 0.717) is 11.9 Å². The monoisotopic (exact) mass is 264 g/mol. The molecule has 2 N–H and O–H groups in total. The van der Waals surface area contributed by atoms with Gasteiger partial charge in [0.2, 0.25) is 0 Å². The Morgan fingerprint density at radius 1 is 1.37 bits per heavy atom. The maximum Gasteiger partial charge on any atom is 0.169 e. The van der Waals surface area contributed by atoms with E-state index in [2.05, 4.69) is 35.8 Å². The first-order valence-corrected chi connectivity index (χ1v) is 7.26. The van der Waals surface area contributed by atoms with Gasteiger partial charge >= 0.3 is 0 Å². The zero-order valence-electron chi connectivity index (χ0n) is 12.1. The second kappa shape index (κ2) is 4.20. The van der Waals surface area contributed by atoms with Gasteiger partial charge in [-0.2, -0.15) is 0 Å². The van der Waals surface area contributed by atoms with Gasteiger partial charge in [0.25, 0.3) is 0 Å². The van der Waals surface area contributed by atoms with E-state index in [-0.39, 0.29) is 11.0 Å². The Bertz CT molecular complexity index is 470. The zero-order valence-corrected chi connectivity index (χ0v) is 12.1. The third-order valence-electron chi connectivity index (χ3n) is 4.51. The van der Waals surface area contributed by atoms with Crippen LogP contribution in [-0.2, 0) is 10.2 Å². The van der Waals surface area contributed by atoms with Crippen LogP contribution in [0.1, 0.15) is 64.6 Å². The average molecular weight is 264 g/mol. The van der Waals surface area contributed by atoms with Gasteiger partial charge in [-0.1, -0.05) is 26.0 Å². The molecule has 2 aliphatic rings. The van der Waals surface area contributed by atoms with Crippen molar-refractivity contribution in [2.24, 2.45) is 0 Å². The van der Waals surface area contributed by atoms with Crippen LogP contribution in [0.15, 0.2) is 0 Å². The number of anilines is 1. The number of nitrogen functional groups attached to an aromatic ring is 1. The summed E-state index contributed by atoms with van der Waals surface area (Å²) in [6, 6.07) is 0.382. The predicted octanol–water partition coefficient (Wildman–Crippen LogP) is 2.43. The van der Waals surface area contributed by atoms with Crippen molar-refractivity contribution >= 4 is 5.82 Å². The molecule has 0 bridgehead atoms. The van der Waals surface area contributed by atoms with Gasteiger partial charge in [0.05, 0.1) is 17.3 Å². The molecule has 0 radical (unpaired) electrons. The van der Waals surface area contributed by atoms with Crippen molar-refractivity contribution in [2.45, 2.75) is 69.9 Å². The summed E-state index contributed by atoms with van der Waals surface area (Å²) in [7, 11) is 0. The second-order valence-electron chi connectivity index (χ2n) is 7.05. The number of rotatable bonds is 1. The summed E-state index contributed by atoms with van der Waals surface area (Å²) in [6.07, 6.45) is 5.74. The lowest BCUT2D eigenvalue weighted by molar-refractivity contribution is -0.142. The summed E-state index contributed by atoms with van der Waals surface area (Å²) in [5.41, 5.74) is 7.18. The molecule has 1 atom stereocenters. The molecular weight excluding hydrogens is 240 g/mol. The van der Waals surface area contributed by atoms with E-state index in [1.165, 1.54) is 19.3 Å². The summed E-state index contributed by atoms with van der Waals surface area (Å²) in [4.78, 5) is 0. The number of hydrogen-bond donors (Lipinski definition) is 1. The lowest BCUT2D eigenvalue weighted by Crippen LogP contribution is -2.46. The fourth-order valence-corrected chi connectivity index (χ4v) is 3.42. The van der Waals surface area contributed by atoms with Gasteiger partial charge < -0.3 is 10.5 Å². The van der Waals surface area contributed by atoms with Crippen LogP contribution in [0.25, 0.3) is 0 Å². The Hall–Kier alpha value is -1.10. The first-order valence-electron chi connectivity index (χ1n) is 7.26. The van der Waals surface area contributed by atoms with Gasteiger partial charge in [0, 0.05) is 12.0 Å². The average Bonchev–Trinajstić information content (AvgIpc) is 2.69. The van der Waals surface area contributed by atoms with Crippen molar-refractivity contribution in [1.82, 2.24) is 15.0 Å². The lowest BCUT2D eigenvalue weighted by Gasteiger charge is -2.47. The molecule has 3 rings (SSSR count). The van der Waals surface area contributed by atoms with Crippen molar-refractivity contribution in [3.8, 4) is 0 Å². The molecule has 0 amide bonds. The van der Waals surface area contributed by atoms with Crippen LogP contribution >= 0.6 is 0 Å². The topological polar surface area (TPSA) is 66.0 Å². The Labute approximate surface area is 114 Å². The van der Waals surface area contributed by atoms with E-state index in [1.807, 2.05) is 0 Å². The van der Waals surface area contributed by atoms with E-state index >= 15 is 0 Å². The minimum atomic E-state index is -0.0291. The highest BCUT2D eigenvalue weighted by Gasteiger charge is 2.44. The molecule has 1 unspecified atom stereocenters. The van der Waals surface area contributed by atoms with Crippen LogP contribution in [0, 0.1) is 0 Å². The first-order chi connectivity index (χ1) is 8.91. The molecule has 1 aliphatic heterocycles. The smallest absolute Gasteiger partial charge is 0.169 e. The highest BCUT2D eigenvalue weighted by molar-refractivity contribution is 5.38. The SMILES string of the molecule is CC(C)(C)c1c(N)nnn1C1CCOC2(CCC2)C1. The van der Waals surface area contributed by atoms with Crippen LogP contribution in [-0.4, -0.2) is 27.2 Å². The highest BCUT2D eigenvalue weighted by atomic mass is 16.5. The highest BCUT2D eigenvalue weighted by Crippen LogP contribution is 2.46. The standard InChI is InChI=1S/C14H24N4O/c1-13(2,3)11-12(15)16-17-18(11)10-5-8-19-14(9-10)6-4-7-14/h10H,4-9,15H2,1-3H3. The number of aromatic nitrogens is 3. The van der Waals surface area contributed by atoms with Crippen molar-refractivity contribution < 1.29 is 4.74 Å². The Balaban J connectivity index is 1.90. The van der Waals surface area contributed by atoms with Gasteiger partial charge in [-0.3, -0.25) is 0 Å². The van der Waals surface area contributed by atoms with Gasteiger partial charge in [0.1, 0.15) is 0 Å². The quantitative estimate of drug-likeness (QED) is 0.846. The molecular formula is C14H24N4O. The molecule has 1 saturated carbocycles. The van der Waals surface area contributed by atoms with Crippen molar-refractivity contribution in [3.05, 3.63) is 5.69 Å². The Morgan fingerprint density at radius 2 is 2.11 bits per heavy atom. The molecule has 1 spiro atoms. The van der Waals surface area contributed by atoms with Crippen molar-refractivity contribution in [1.29, 1.82) is 0 Å². The van der Waals surface area contributed by atoms with Crippen LogP contribution in [0.5, 0.6) is 0 Å². The largest absolute Gasteiger partial charge is 0.381 e. The molecule has 2 fully saturated rings. The molecule has 5 nitrogen and oxygen atoms in total. The maximum atomic E-state index is 6.02. The summed E-state index contributed by atoms with van der Waals surface area (Å²) in [5.74, 6) is 0.571. The van der Waals surface area contributed by atoms with E-state index in [0.717, 1.165) is 25.1 Å². The molecule has 106 valence electrons. The predicted molar refractivity (Wildman–Crippen MR) is 73.9 cm³/mol. The number of nitrogens with two attached hydrogens (primary N) is 1. The number of nitrogens with zero attached hydrogens (tertiary/aromatic N) is 3. The normalized spacial score (nSPS) is 26.4. The van der Waals surface area contributed by atoms with Crippen LogP contribution in [0.4, 0.5) is 5.82 Å². The summed E-state index contributed by atoms with van der Waals surface area (Å²) >= 11 is 0. The Kier molecular flexibility index (Phi) is 2.85. The molecule has 1 aliphatic carbocycles. The fourth-order valence-electron chi connectivity index (χ4n) is 3.42. The summed E-state index contributed by atoms with van der Waals surface area (Å²) in [6.45, 7) is 7.32. The third-order valence-corrected chi connectivity index (χ3v) is 4.51. The van der Waals surface area contributed by atoms with Crippen molar-refractivity contribution in [3.63, 3.8) is 0 Å². The van der Waals surface area contributed by atoms with Gasteiger partial charge in [0.15, 0.2) is 5.82 Å². The van der Waals surface area contributed by atoms with E-state index < -0.39 is 0 Å². The summed E-state index contributed by atoms with van der Waals surface area (Å²) < 4.78 is 8.06. The Morgan fingerprint density at radius 3 is 2.68 bits per heavy atom. The van der Waals surface area contributed by atoms with E-state index in [9.17, 15) is 0 Å². The second-order valence-corrected chi connectivity index (χ2v) is 7.05. The number of ether oxygens (including phenoxy) is 1. The van der Waals surface area contributed by atoms with Crippen molar-refractivity contribution in [2.75, 3.05) is 12.3 Å². The van der Waals surface area contributed by atoms with Crippen LogP contribution in [0.3, 0.4) is 0 Å². The molecule has 1 aromatic rings.